The highest BCUT2D eigenvalue weighted by molar-refractivity contribution is 6.30. The summed E-state index contributed by atoms with van der Waals surface area (Å²) in [7, 11) is 0. The molecule has 2 rings (SSSR count). The molecule has 2 atom stereocenters. The SMILES string of the molecule is Cc1cc(Cl)cc(CC2CCCCC2)c1OCC(O)C[C@@H](O)CC(=O)O. The van der Waals surface area contributed by atoms with Crippen LogP contribution in [-0.4, -0.2) is 40.1 Å². The van der Waals surface area contributed by atoms with Crippen molar-refractivity contribution < 1.29 is 24.9 Å². The van der Waals surface area contributed by atoms with E-state index in [1.807, 2.05) is 19.1 Å². The van der Waals surface area contributed by atoms with Crippen molar-refractivity contribution >= 4 is 17.6 Å². The molecule has 6 heteroatoms. The summed E-state index contributed by atoms with van der Waals surface area (Å²) in [4.78, 5) is 10.6. The van der Waals surface area contributed by atoms with Crippen LogP contribution in [0.2, 0.25) is 5.02 Å². The molecule has 3 N–H and O–H groups in total. The van der Waals surface area contributed by atoms with E-state index in [1.165, 1.54) is 32.1 Å². The minimum Gasteiger partial charge on any atom is -0.490 e. The highest BCUT2D eigenvalue weighted by atomic mass is 35.5. The number of rotatable bonds is 9. The molecule has 1 fully saturated rings. The fraction of sp³-hybridized carbons (Fsp3) is 0.650. The van der Waals surface area contributed by atoms with Crippen LogP contribution in [0.1, 0.15) is 56.1 Å². The van der Waals surface area contributed by atoms with Crippen LogP contribution >= 0.6 is 11.6 Å². The highest BCUT2D eigenvalue weighted by Gasteiger charge is 2.20. The molecule has 0 amide bonds. The van der Waals surface area contributed by atoms with Gasteiger partial charge in [0.15, 0.2) is 0 Å². The molecule has 0 aromatic heterocycles. The predicted octanol–water partition coefficient (Wildman–Crippen LogP) is 3.74. The van der Waals surface area contributed by atoms with E-state index in [0.717, 1.165) is 23.3 Å². The Morgan fingerprint density at radius 1 is 1.23 bits per heavy atom. The van der Waals surface area contributed by atoms with Crippen molar-refractivity contribution in [3.63, 3.8) is 0 Å². The van der Waals surface area contributed by atoms with Gasteiger partial charge in [-0.25, -0.2) is 0 Å². The molecule has 0 heterocycles. The molecule has 5 nitrogen and oxygen atoms in total. The second kappa shape index (κ2) is 10.1. The molecule has 0 bridgehead atoms. The van der Waals surface area contributed by atoms with Crippen LogP contribution in [0.5, 0.6) is 5.75 Å². The average Bonchev–Trinajstić information content (AvgIpc) is 2.54. The standard InChI is InChI=1S/C20H29ClO5/c1-13-7-16(21)9-15(8-14-5-3-2-4-6-14)20(13)26-12-18(23)10-17(22)11-19(24)25/h7,9,14,17-18,22-23H,2-6,8,10-12H2,1H3,(H,24,25)/t17-,18?/m1/s1. The van der Waals surface area contributed by atoms with Gasteiger partial charge in [-0.15, -0.1) is 0 Å². The summed E-state index contributed by atoms with van der Waals surface area (Å²) in [6.07, 6.45) is 4.75. The predicted molar refractivity (Wildman–Crippen MR) is 101 cm³/mol. The number of hydrogen-bond acceptors (Lipinski definition) is 4. The Balaban J connectivity index is 1.99. The Morgan fingerprint density at radius 3 is 2.58 bits per heavy atom. The third-order valence-corrected chi connectivity index (χ3v) is 5.14. The molecule has 0 aliphatic heterocycles. The van der Waals surface area contributed by atoms with Gasteiger partial charge in [-0.2, -0.15) is 0 Å². The van der Waals surface area contributed by atoms with Gasteiger partial charge in [-0.1, -0.05) is 43.7 Å². The van der Waals surface area contributed by atoms with Gasteiger partial charge in [0.2, 0.25) is 0 Å². The topological polar surface area (TPSA) is 87.0 Å². The zero-order valence-electron chi connectivity index (χ0n) is 15.3. The van der Waals surface area contributed by atoms with Crippen molar-refractivity contribution in [2.75, 3.05) is 6.61 Å². The second-order valence-electron chi connectivity index (χ2n) is 7.37. The number of carboxylic acids is 1. The van der Waals surface area contributed by atoms with E-state index < -0.39 is 18.2 Å². The Hall–Kier alpha value is -1.30. The van der Waals surface area contributed by atoms with E-state index >= 15 is 0 Å². The van der Waals surface area contributed by atoms with Gasteiger partial charge < -0.3 is 20.1 Å². The maximum Gasteiger partial charge on any atom is 0.305 e. The van der Waals surface area contributed by atoms with Crippen molar-refractivity contribution in [1.29, 1.82) is 0 Å². The molecule has 0 spiro atoms. The monoisotopic (exact) mass is 384 g/mol. The summed E-state index contributed by atoms with van der Waals surface area (Å²) in [6.45, 7) is 1.94. The zero-order valence-corrected chi connectivity index (χ0v) is 16.0. The number of carbonyl (C=O) groups is 1. The first-order valence-corrected chi connectivity index (χ1v) is 9.72. The summed E-state index contributed by atoms with van der Waals surface area (Å²) in [5.41, 5.74) is 1.97. The van der Waals surface area contributed by atoms with Crippen molar-refractivity contribution in [2.45, 2.75) is 70.5 Å². The molecule has 1 unspecified atom stereocenters. The highest BCUT2D eigenvalue weighted by Crippen LogP contribution is 2.34. The van der Waals surface area contributed by atoms with E-state index in [-0.39, 0.29) is 19.4 Å². The number of aliphatic hydroxyl groups is 2. The van der Waals surface area contributed by atoms with Gasteiger partial charge in [-0.3, -0.25) is 4.79 Å². The minimum atomic E-state index is -1.09. The van der Waals surface area contributed by atoms with Crippen LogP contribution in [-0.2, 0) is 11.2 Å². The van der Waals surface area contributed by atoms with Crippen molar-refractivity contribution in [1.82, 2.24) is 0 Å². The maximum atomic E-state index is 10.6. The second-order valence-corrected chi connectivity index (χ2v) is 7.81. The number of aliphatic hydroxyl groups excluding tert-OH is 2. The molecule has 1 aliphatic rings. The number of hydrogen-bond donors (Lipinski definition) is 3. The van der Waals surface area contributed by atoms with Gasteiger partial charge in [0.25, 0.3) is 0 Å². The van der Waals surface area contributed by atoms with E-state index in [0.29, 0.717) is 10.9 Å². The average molecular weight is 385 g/mol. The third kappa shape index (κ3) is 6.78. The lowest BCUT2D eigenvalue weighted by molar-refractivity contribution is -0.139. The van der Waals surface area contributed by atoms with E-state index in [2.05, 4.69) is 0 Å². The molecular formula is C20H29ClO5. The van der Waals surface area contributed by atoms with Crippen molar-refractivity contribution in [2.24, 2.45) is 5.92 Å². The molecule has 0 radical (unpaired) electrons. The van der Waals surface area contributed by atoms with Crippen LogP contribution in [0.25, 0.3) is 0 Å². The van der Waals surface area contributed by atoms with Gasteiger partial charge in [0, 0.05) is 11.4 Å². The Labute approximate surface area is 159 Å². The van der Waals surface area contributed by atoms with E-state index in [1.54, 1.807) is 0 Å². The number of carboxylic acid groups (broad SMARTS) is 1. The lowest BCUT2D eigenvalue weighted by Crippen LogP contribution is -2.26. The zero-order chi connectivity index (χ0) is 19.1. The van der Waals surface area contributed by atoms with Crippen LogP contribution in [0.15, 0.2) is 12.1 Å². The van der Waals surface area contributed by atoms with Crippen molar-refractivity contribution in [3.05, 3.63) is 28.3 Å². The lowest BCUT2D eigenvalue weighted by atomic mass is 9.84. The molecule has 1 aliphatic carbocycles. The van der Waals surface area contributed by atoms with Gasteiger partial charge >= 0.3 is 5.97 Å². The Morgan fingerprint density at radius 2 is 1.92 bits per heavy atom. The number of ether oxygens (including phenoxy) is 1. The Kier molecular flexibility index (Phi) is 8.19. The molecule has 1 saturated carbocycles. The van der Waals surface area contributed by atoms with Crippen LogP contribution < -0.4 is 4.74 Å². The lowest BCUT2D eigenvalue weighted by Gasteiger charge is -2.24. The number of halogens is 1. The molecule has 1 aromatic rings. The molecule has 1 aromatic carbocycles. The summed E-state index contributed by atoms with van der Waals surface area (Å²) in [5, 5.41) is 29.0. The third-order valence-electron chi connectivity index (χ3n) is 4.92. The van der Waals surface area contributed by atoms with Crippen LogP contribution in [0.4, 0.5) is 0 Å². The fourth-order valence-electron chi connectivity index (χ4n) is 3.71. The largest absolute Gasteiger partial charge is 0.490 e. The van der Waals surface area contributed by atoms with Crippen LogP contribution in [0, 0.1) is 12.8 Å². The molecular weight excluding hydrogens is 356 g/mol. The molecule has 146 valence electrons. The number of benzene rings is 1. The first-order valence-electron chi connectivity index (χ1n) is 9.35. The maximum absolute atomic E-state index is 10.6. The number of aryl methyl sites for hydroxylation is 1. The van der Waals surface area contributed by atoms with E-state index in [4.69, 9.17) is 21.4 Å². The first kappa shape index (κ1) is 21.0. The van der Waals surface area contributed by atoms with E-state index in [9.17, 15) is 15.0 Å². The first-order chi connectivity index (χ1) is 12.3. The molecule has 0 saturated heterocycles. The van der Waals surface area contributed by atoms with Crippen molar-refractivity contribution in [3.8, 4) is 5.75 Å². The normalized spacial score (nSPS) is 17.7. The quantitative estimate of drug-likeness (QED) is 0.603. The van der Waals surface area contributed by atoms with Gasteiger partial charge in [0.05, 0.1) is 18.6 Å². The summed E-state index contributed by atoms with van der Waals surface area (Å²) in [5.74, 6) is 0.284. The van der Waals surface area contributed by atoms with Crippen LogP contribution in [0.3, 0.4) is 0 Å². The molecule has 26 heavy (non-hydrogen) atoms. The minimum absolute atomic E-state index is 0.0107. The fourth-order valence-corrected chi connectivity index (χ4v) is 4.00. The van der Waals surface area contributed by atoms with Gasteiger partial charge in [0.1, 0.15) is 12.4 Å². The smallest absolute Gasteiger partial charge is 0.305 e. The summed E-state index contributed by atoms with van der Waals surface area (Å²) in [6, 6.07) is 3.77. The Bertz CT molecular complexity index is 598. The summed E-state index contributed by atoms with van der Waals surface area (Å²) < 4.78 is 5.86. The van der Waals surface area contributed by atoms with Gasteiger partial charge in [-0.05, 0) is 42.5 Å². The number of aliphatic carboxylic acids is 1. The summed E-state index contributed by atoms with van der Waals surface area (Å²) >= 11 is 6.23.